The summed E-state index contributed by atoms with van der Waals surface area (Å²) in [5.41, 5.74) is 2.27. The minimum absolute atomic E-state index is 0.563. The number of hydrogen-bond acceptors (Lipinski definition) is 3. The summed E-state index contributed by atoms with van der Waals surface area (Å²) >= 11 is 5.53. The average Bonchev–Trinajstić information content (AvgIpc) is 2.75. The van der Waals surface area contributed by atoms with Crippen LogP contribution >= 0.6 is 11.6 Å². The molecule has 0 saturated carbocycles. The molecule has 0 aliphatic rings. The summed E-state index contributed by atoms with van der Waals surface area (Å²) in [6, 6.07) is 8.29. The maximum absolute atomic E-state index is 5.53. The molecular formula is C14H20ClN3O. The number of benzene rings is 1. The molecule has 0 atom stereocenters. The van der Waals surface area contributed by atoms with Crippen LogP contribution in [0.25, 0.3) is 10.9 Å². The minimum Gasteiger partial charge on any atom is -0.380 e. The van der Waals surface area contributed by atoms with Crippen molar-refractivity contribution in [3.05, 3.63) is 30.0 Å². The number of ether oxygens (including phenoxy) is 1. The van der Waals surface area contributed by atoms with Crippen LogP contribution in [0.15, 0.2) is 24.3 Å². The van der Waals surface area contributed by atoms with Gasteiger partial charge in [-0.15, -0.1) is 11.6 Å². The summed E-state index contributed by atoms with van der Waals surface area (Å²) in [6.45, 7) is 3.10. The van der Waals surface area contributed by atoms with E-state index < -0.39 is 0 Å². The molecule has 0 spiro atoms. The van der Waals surface area contributed by atoms with Crippen LogP contribution in [0.3, 0.4) is 0 Å². The van der Waals surface area contributed by atoms with Gasteiger partial charge in [0.15, 0.2) is 0 Å². The summed E-state index contributed by atoms with van der Waals surface area (Å²) < 4.78 is 7.24. The number of halogens is 1. The Balaban J connectivity index is 1.79. The first-order valence-electron chi connectivity index (χ1n) is 6.58. The van der Waals surface area contributed by atoms with Crippen molar-refractivity contribution in [2.24, 2.45) is 7.05 Å². The van der Waals surface area contributed by atoms with Crippen molar-refractivity contribution in [3.8, 4) is 0 Å². The normalized spacial score (nSPS) is 11.3. The monoisotopic (exact) mass is 281 g/mol. The fourth-order valence-corrected chi connectivity index (χ4v) is 2.19. The Bertz CT molecular complexity index is 512. The molecule has 2 aromatic rings. The lowest BCUT2D eigenvalue weighted by molar-refractivity contribution is 0.146. The predicted octanol–water partition coefficient (Wildman–Crippen LogP) is 2.31. The van der Waals surface area contributed by atoms with Crippen LogP contribution in [-0.2, 0) is 18.3 Å². The molecule has 0 aliphatic heterocycles. The van der Waals surface area contributed by atoms with E-state index in [4.69, 9.17) is 16.3 Å². The van der Waals surface area contributed by atoms with Crippen molar-refractivity contribution in [2.45, 2.75) is 13.0 Å². The highest BCUT2D eigenvalue weighted by Gasteiger charge is 2.06. The van der Waals surface area contributed by atoms with Crippen molar-refractivity contribution in [1.29, 1.82) is 0 Å². The van der Waals surface area contributed by atoms with Crippen LogP contribution < -0.4 is 5.32 Å². The lowest BCUT2D eigenvalue weighted by atomic mass is 10.2. The highest BCUT2D eigenvalue weighted by molar-refractivity contribution is 6.17. The molecule has 1 aromatic heterocycles. The Hall–Kier alpha value is -1.10. The van der Waals surface area contributed by atoms with E-state index in [9.17, 15) is 0 Å². The van der Waals surface area contributed by atoms with Gasteiger partial charge in [-0.05, 0) is 19.0 Å². The fraction of sp³-hybridized carbons (Fsp3) is 0.500. The maximum Gasteiger partial charge on any atom is 0.0841 e. The van der Waals surface area contributed by atoms with E-state index in [0.717, 1.165) is 31.8 Å². The molecule has 19 heavy (non-hydrogen) atoms. The van der Waals surface area contributed by atoms with Gasteiger partial charge in [-0.2, -0.15) is 5.10 Å². The molecule has 2 rings (SSSR count). The Morgan fingerprint density at radius 2 is 2.16 bits per heavy atom. The molecule has 5 heteroatoms. The summed E-state index contributed by atoms with van der Waals surface area (Å²) in [5.74, 6) is 0.563. The van der Waals surface area contributed by atoms with Crippen LogP contribution in [0.2, 0.25) is 0 Å². The number of nitrogens with zero attached hydrogens (tertiary/aromatic N) is 2. The van der Waals surface area contributed by atoms with Crippen LogP contribution in [0.4, 0.5) is 0 Å². The topological polar surface area (TPSA) is 39.1 Å². The first kappa shape index (κ1) is 14.3. The lowest BCUT2D eigenvalue weighted by Gasteiger charge is -2.03. The van der Waals surface area contributed by atoms with Crippen LogP contribution in [0, 0.1) is 0 Å². The van der Waals surface area contributed by atoms with E-state index in [-0.39, 0.29) is 0 Å². The van der Waals surface area contributed by atoms with E-state index in [1.165, 1.54) is 10.9 Å². The smallest absolute Gasteiger partial charge is 0.0841 e. The van der Waals surface area contributed by atoms with Gasteiger partial charge in [-0.1, -0.05) is 18.2 Å². The van der Waals surface area contributed by atoms with Crippen LogP contribution in [0.1, 0.15) is 12.1 Å². The molecule has 0 saturated heterocycles. The third-order valence-corrected chi connectivity index (χ3v) is 3.14. The Morgan fingerprint density at radius 1 is 1.32 bits per heavy atom. The summed E-state index contributed by atoms with van der Waals surface area (Å²) in [7, 11) is 1.98. The van der Waals surface area contributed by atoms with Crippen molar-refractivity contribution in [2.75, 3.05) is 25.6 Å². The van der Waals surface area contributed by atoms with E-state index in [0.29, 0.717) is 12.5 Å². The summed E-state index contributed by atoms with van der Waals surface area (Å²) in [5, 5.41) is 9.16. The molecule has 0 amide bonds. The Kier molecular flexibility index (Phi) is 5.63. The molecule has 0 fully saturated rings. The largest absolute Gasteiger partial charge is 0.380 e. The van der Waals surface area contributed by atoms with Gasteiger partial charge in [0.2, 0.25) is 0 Å². The van der Waals surface area contributed by atoms with Crippen LogP contribution in [-0.4, -0.2) is 35.4 Å². The Morgan fingerprint density at radius 3 is 3.00 bits per heavy atom. The highest BCUT2D eigenvalue weighted by Crippen LogP contribution is 2.16. The zero-order valence-electron chi connectivity index (χ0n) is 11.2. The second-order valence-electron chi connectivity index (χ2n) is 4.42. The molecule has 1 heterocycles. The van der Waals surface area contributed by atoms with Crippen LogP contribution in [0.5, 0.6) is 0 Å². The quantitative estimate of drug-likeness (QED) is 0.596. The van der Waals surface area contributed by atoms with Gasteiger partial charge in [0.25, 0.3) is 0 Å². The molecule has 0 aliphatic carbocycles. The predicted molar refractivity (Wildman–Crippen MR) is 78.6 cm³/mol. The maximum atomic E-state index is 5.53. The van der Waals surface area contributed by atoms with Gasteiger partial charge in [-0.3, -0.25) is 4.68 Å². The number of fused-ring (bicyclic) bond motifs is 1. The molecule has 0 unspecified atom stereocenters. The van der Waals surface area contributed by atoms with Crippen molar-refractivity contribution in [3.63, 3.8) is 0 Å². The zero-order valence-corrected chi connectivity index (χ0v) is 12.0. The second kappa shape index (κ2) is 7.48. The fourth-order valence-electron chi connectivity index (χ4n) is 2.08. The number of para-hydroxylation sites is 1. The van der Waals surface area contributed by atoms with Gasteiger partial charge in [0.05, 0.1) is 17.8 Å². The molecular weight excluding hydrogens is 262 g/mol. The number of alkyl halides is 1. The van der Waals surface area contributed by atoms with Gasteiger partial charge in [-0.25, -0.2) is 0 Å². The van der Waals surface area contributed by atoms with Crippen molar-refractivity contribution >= 4 is 22.5 Å². The number of aryl methyl sites for hydroxylation is 1. The average molecular weight is 282 g/mol. The van der Waals surface area contributed by atoms with E-state index >= 15 is 0 Å². The lowest BCUT2D eigenvalue weighted by Crippen LogP contribution is -2.17. The number of rotatable bonds is 8. The molecule has 4 nitrogen and oxygen atoms in total. The van der Waals surface area contributed by atoms with Gasteiger partial charge in [0, 0.05) is 31.5 Å². The van der Waals surface area contributed by atoms with Gasteiger partial charge < -0.3 is 10.1 Å². The first-order valence-corrected chi connectivity index (χ1v) is 7.11. The highest BCUT2D eigenvalue weighted by atomic mass is 35.5. The first-order chi connectivity index (χ1) is 9.33. The van der Waals surface area contributed by atoms with E-state index in [2.05, 4.69) is 22.5 Å². The summed E-state index contributed by atoms with van der Waals surface area (Å²) in [4.78, 5) is 0. The molecule has 104 valence electrons. The second-order valence-corrected chi connectivity index (χ2v) is 4.80. The van der Waals surface area contributed by atoms with E-state index in [1.807, 2.05) is 23.9 Å². The number of nitrogens with one attached hydrogen (secondary N) is 1. The number of hydrogen-bond donors (Lipinski definition) is 1. The van der Waals surface area contributed by atoms with Gasteiger partial charge >= 0.3 is 0 Å². The number of aromatic nitrogens is 2. The summed E-state index contributed by atoms with van der Waals surface area (Å²) in [6.07, 6.45) is 0.988. The van der Waals surface area contributed by atoms with Crippen molar-refractivity contribution < 1.29 is 4.74 Å². The third kappa shape index (κ3) is 3.93. The zero-order chi connectivity index (χ0) is 13.5. The molecule has 0 radical (unpaired) electrons. The standard InChI is InChI=1S/C14H20ClN3O/c1-18-14-6-3-2-5-12(14)13(17-18)11-16-8-4-9-19-10-7-15/h2-3,5-6,16H,4,7-11H2,1H3. The van der Waals surface area contributed by atoms with Crippen molar-refractivity contribution in [1.82, 2.24) is 15.1 Å². The van der Waals surface area contributed by atoms with Gasteiger partial charge in [0.1, 0.15) is 0 Å². The van der Waals surface area contributed by atoms with E-state index in [1.54, 1.807) is 0 Å². The SMILES string of the molecule is Cn1nc(CNCCCOCCCl)c2ccccc21. The minimum atomic E-state index is 0.563. The molecule has 1 N–H and O–H groups in total. The third-order valence-electron chi connectivity index (χ3n) is 2.99. The Labute approximate surface area is 118 Å². The molecule has 1 aromatic carbocycles. The molecule has 0 bridgehead atoms.